The van der Waals surface area contributed by atoms with Crippen molar-refractivity contribution in [2.45, 2.75) is 26.2 Å². The van der Waals surface area contributed by atoms with Gasteiger partial charge in [-0.3, -0.25) is 4.99 Å². The van der Waals surface area contributed by atoms with Gasteiger partial charge in [-0.1, -0.05) is 13.8 Å². The molecule has 2 nitrogen and oxygen atoms in total. The standard InChI is InChI=1S/C12H15NO/c1-8-12(2,3)10-7-9(14-4)5-6-11(10)13-8/h5-7H,1-4H3. The number of nitrogens with zero attached hydrogens (tertiary/aromatic N) is 1. The van der Waals surface area contributed by atoms with Crippen LogP contribution in [0.1, 0.15) is 26.3 Å². The molecule has 0 aliphatic carbocycles. The van der Waals surface area contributed by atoms with Crippen LogP contribution in [-0.4, -0.2) is 12.8 Å². The second-order valence-corrected chi connectivity index (χ2v) is 4.21. The van der Waals surface area contributed by atoms with Crippen LogP contribution in [0.5, 0.6) is 5.75 Å². The average Bonchev–Trinajstić information content (AvgIpc) is 2.38. The maximum atomic E-state index is 5.22. The van der Waals surface area contributed by atoms with Crippen LogP contribution >= 0.6 is 0 Å². The SMILES string of the molecule is COc1ccc2c(c1)C(C)(C)C(C)=N2. The molecule has 74 valence electrons. The summed E-state index contributed by atoms with van der Waals surface area (Å²) in [6.07, 6.45) is 0. The van der Waals surface area contributed by atoms with Crippen LogP contribution in [0.2, 0.25) is 0 Å². The van der Waals surface area contributed by atoms with Crippen molar-refractivity contribution in [3.05, 3.63) is 23.8 Å². The van der Waals surface area contributed by atoms with E-state index in [1.54, 1.807) is 7.11 Å². The molecule has 0 N–H and O–H groups in total. The molecule has 14 heavy (non-hydrogen) atoms. The molecule has 0 aromatic heterocycles. The molecule has 0 saturated carbocycles. The average molecular weight is 189 g/mol. The smallest absolute Gasteiger partial charge is 0.119 e. The minimum atomic E-state index is 0.0455. The Bertz CT molecular complexity index is 405. The van der Waals surface area contributed by atoms with Crippen LogP contribution in [0.15, 0.2) is 23.2 Å². The third-order valence-corrected chi connectivity index (χ3v) is 3.07. The molecule has 0 unspecified atom stereocenters. The largest absolute Gasteiger partial charge is 0.497 e. The monoisotopic (exact) mass is 189 g/mol. The predicted molar refractivity (Wildman–Crippen MR) is 58.8 cm³/mol. The number of fused-ring (bicyclic) bond motifs is 1. The number of hydrogen-bond acceptors (Lipinski definition) is 2. The Hall–Kier alpha value is -1.31. The first-order valence-corrected chi connectivity index (χ1v) is 4.80. The van der Waals surface area contributed by atoms with Gasteiger partial charge in [-0.2, -0.15) is 0 Å². The molecule has 0 amide bonds. The molecule has 0 radical (unpaired) electrons. The van der Waals surface area contributed by atoms with Crippen molar-refractivity contribution < 1.29 is 4.74 Å². The Kier molecular flexibility index (Phi) is 1.88. The quantitative estimate of drug-likeness (QED) is 0.665. The molecule has 1 heterocycles. The Morgan fingerprint density at radius 2 is 2.00 bits per heavy atom. The van der Waals surface area contributed by atoms with Gasteiger partial charge in [0.15, 0.2) is 0 Å². The van der Waals surface area contributed by atoms with E-state index in [0.717, 1.165) is 11.4 Å². The van der Waals surface area contributed by atoms with Crippen molar-refractivity contribution in [1.82, 2.24) is 0 Å². The summed E-state index contributed by atoms with van der Waals surface area (Å²) in [4.78, 5) is 4.54. The highest BCUT2D eigenvalue weighted by Crippen LogP contribution is 2.41. The van der Waals surface area contributed by atoms with E-state index in [4.69, 9.17) is 4.74 Å². The fourth-order valence-electron chi connectivity index (χ4n) is 1.76. The molecule has 1 aromatic carbocycles. The van der Waals surface area contributed by atoms with Gasteiger partial charge in [0.2, 0.25) is 0 Å². The molecule has 0 atom stereocenters. The van der Waals surface area contributed by atoms with E-state index in [9.17, 15) is 0 Å². The number of benzene rings is 1. The first-order valence-electron chi connectivity index (χ1n) is 4.80. The van der Waals surface area contributed by atoms with E-state index in [2.05, 4.69) is 31.8 Å². The van der Waals surface area contributed by atoms with Gasteiger partial charge >= 0.3 is 0 Å². The summed E-state index contributed by atoms with van der Waals surface area (Å²) in [7, 11) is 1.69. The van der Waals surface area contributed by atoms with E-state index in [1.807, 2.05) is 12.1 Å². The second-order valence-electron chi connectivity index (χ2n) is 4.21. The first kappa shape index (κ1) is 9.25. The van der Waals surface area contributed by atoms with Crippen LogP contribution in [0.25, 0.3) is 0 Å². The van der Waals surface area contributed by atoms with Crippen molar-refractivity contribution in [3.8, 4) is 5.75 Å². The van der Waals surface area contributed by atoms with Gasteiger partial charge in [-0.05, 0) is 30.7 Å². The zero-order valence-corrected chi connectivity index (χ0v) is 9.09. The van der Waals surface area contributed by atoms with Crippen molar-refractivity contribution in [1.29, 1.82) is 0 Å². The first-order chi connectivity index (χ1) is 6.55. The maximum absolute atomic E-state index is 5.22. The molecule has 2 rings (SSSR count). The number of methoxy groups -OCH3 is 1. The van der Waals surface area contributed by atoms with Gasteiger partial charge in [0, 0.05) is 11.1 Å². The summed E-state index contributed by atoms with van der Waals surface area (Å²) in [5.41, 5.74) is 3.55. The molecule has 0 spiro atoms. The second kappa shape index (κ2) is 2.84. The minimum Gasteiger partial charge on any atom is -0.497 e. The highest BCUT2D eigenvalue weighted by atomic mass is 16.5. The van der Waals surface area contributed by atoms with E-state index in [-0.39, 0.29) is 5.41 Å². The molecule has 1 aliphatic heterocycles. The normalized spacial score (nSPS) is 17.6. The lowest BCUT2D eigenvalue weighted by molar-refractivity contribution is 0.414. The highest BCUT2D eigenvalue weighted by molar-refractivity contribution is 5.99. The van der Waals surface area contributed by atoms with Crippen LogP contribution in [0.4, 0.5) is 5.69 Å². The predicted octanol–water partition coefficient (Wildman–Crippen LogP) is 3.08. The van der Waals surface area contributed by atoms with E-state index < -0.39 is 0 Å². The van der Waals surface area contributed by atoms with Crippen molar-refractivity contribution in [3.63, 3.8) is 0 Å². The molecule has 0 saturated heterocycles. The molecule has 2 heteroatoms. The molecular weight excluding hydrogens is 174 g/mol. The lowest BCUT2D eigenvalue weighted by Crippen LogP contribution is -2.22. The van der Waals surface area contributed by atoms with E-state index >= 15 is 0 Å². The third-order valence-electron chi connectivity index (χ3n) is 3.07. The summed E-state index contributed by atoms with van der Waals surface area (Å²) in [5, 5.41) is 0. The van der Waals surface area contributed by atoms with E-state index in [1.165, 1.54) is 11.3 Å². The molecule has 1 aromatic rings. The molecule has 0 fully saturated rings. The number of hydrogen-bond donors (Lipinski definition) is 0. The molecule has 1 aliphatic rings. The Balaban J connectivity index is 2.57. The van der Waals surface area contributed by atoms with Crippen LogP contribution in [-0.2, 0) is 5.41 Å². The zero-order chi connectivity index (χ0) is 10.3. The van der Waals surface area contributed by atoms with Crippen molar-refractivity contribution in [2.24, 2.45) is 4.99 Å². The lowest BCUT2D eigenvalue weighted by Gasteiger charge is -2.20. The fourth-order valence-corrected chi connectivity index (χ4v) is 1.76. The Morgan fingerprint density at radius 3 is 2.64 bits per heavy atom. The van der Waals surface area contributed by atoms with Crippen molar-refractivity contribution >= 4 is 11.4 Å². The molecule has 0 bridgehead atoms. The van der Waals surface area contributed by atoms with Gasteiger partial charge in [0.25, 0.3) is 0 Å². The Labute approximate surface area is 84.6 Å². The van der Waals surface area contributed by atoms with E-state index in [0.29, 0.717) is 0 Å². The van der Waals surface area contributed by atoms with Gasteiger partial charge in [-0.15, -0.1) is 0 Å². The fraction of sp³-hybridized carbons (Fsp3) is 0.417. The van der Waals surface area contributed by atoms with Gasteiger partial charge in [-0.25, -0.2) is 0 Å². The van der Waals surface area contributed by atoms with Crippen LogP contribution in [0.3, 0.4) is 0 Å². The molecular formula is C12H15NO. The van der Waals surface area contributed by atoms with Gasteiger partial charge < -0.3 is 4.74 Å². The summed E-state index contributed by atoms with van der Waals surface area (Å²) in [6, 6.07) is 6.05. The summed E-state index contributed by atoms with van der Waals surface area (Å²) in [6.45, 7) is 6.46. The maximum Gasteiger partial charge on any atom is 0.119 e. The summed E-state index contributed by atoms with van der Waals surface area (Å²) >= 11 is 0. The summed E-state index contributed by atoms with van der Waals surface area (Å²) in [5.74, 6) is 0.904. The number of aliphatic imine (C=N–C) groups is 1. The van der Waals surface area contributed by atoms with Crippen LogP contribution < -0.4 is 4.74 Å². The number of rotatable bonds is 1. The summed E-state index contributed by atoms with van der Waals surface area (Å²) < 4.78 is 5.22. The zero-order valence-electron chi connectivity index (χ0n) is 9.09. The number of ether oxygens (including phenoxy) is 1. The Morgan fingerprint density at radius 1 is 1.29 bits per heavy atom. The van der Waals surface area contributed by atoms with Gasteiger partial charge in [0.05, 0.1) is 12.8 Å². The third kappa shape index (κ3) is 1.14. The lowest BCUT2D eigenvalue weighted by atomic mass is 9.82. The van der Waals surface area contributed by atoms with Gasteiger partial charge in [0.1, 0.15) is 5.75 Å². The minimum absolute atomic E-state index is 0.0455. The van der Waals surface area contributed by atoms with Crippen LogP contribution in [0, 0.1) is 0 Å². The topological polar surface area (TPSA) is 21.6 Å². The van der Waals surface area contributed by atoms with Crippen molar-refractivity contribution in [2.75, 3.05) is 7.11 Å². The highest BCUT2D eigenvalue weighted by Gasteiger charge is 2.32.